The van der Waals surface area contributed by atoms with E-state index in [0.717, 1.165) is 5.56 Å². The number of hydrogen-bond acceptors (Lipinski definition) is 2. The number of benzene rings is 3. The van der Waals surface area contributed by atoms with Gasteiger partial charge in [0, 0.05) is 11.6 Å². The average molecular weight is 301 g/mol. The molecule has 1 aliphatic carbocycles. The minimum atomic E-state index is -0.999. The quantitative estimate of drug-likeness (QED) is 0.694. The molecule has 3 aromatic carbocycles. The largest absolute Gasteiger partial charge is 0.478 e. The van der Waals surface area contributed by atoms with E-state index in [0.29, 0.717) is 5.69 Å². The maximum absolute atomic E-state index is 11.1. The monoisotopic (exact) mass is 301 g/mol. The first-order chi connectivity index (χ1) is 11.1. The van der Waals surface area contributed by atoms with Crippen LogP contribution in [0.2, 0.25) is 0 Å². The Morgan fingerprint density at radius 1 is 1.04 bits per heavy atom. The smallest absolute Gasteiger partial charge is 0.337 e. The van der Waals surface area contributed by atoms with E-state index in [1.54, 1.807) is 12.1 Å². The molecule has 0 saturated carbocycles. The van der Waals surface area contributed by atoms with Crippen LogP contribution in [-0.4, -0.2) is 11.1 Å². The van der Waals surface area contributed by atoms with E-state index >= 15 is 0 Å². The summed E-state index contributed by atoms with van der Waals surface area (Å²) in [6, 6.07) is 17.8. The number of nitrogen functional groups attached to an aromatic ring is 1. The van der Waals surface area contributed by atoms with Gasteiger partial charge in [0.05, 0.1) is 5.56 Å². The molecule has 3 N–H and O–H groups in total. The third kappa shape index (κ3) is 2.09. The number of carbonyl (C=O) groups is 1. The fraction of sp³-hybridized carbons (Fsp3) is 0.0500. The molecule has 1 unspecified atom stereocenters. The number of hydrogen-bond donors (Lipinski definition) is 2. The Balaban J connectivity index is 1.89. The van der Waals surface area contributed by atoms with Gasteiger partial charge in [-0.15, -0.1) is 0 Å². The highest BCUT2D eigenvalue weighted by Crippen LogP contribution is 2.38. The topological polar surface area (TPSA) is 63.3 Å². The zero-order chi connectivity index (χ0) is 16.0. The Morgan fingerprint density at radius 2 is 1.83 bits per heavy atom. The molecule has 1 atom stereocenters. The van der Waals surface area contributed by atoms with Crippen LogP contribution in [0.25, 0.3) is 16.8 Å². The number of nitrogens with two attached hydrogens (primary N) is 1. The summed E-state index contributed by atoms with van der Waals surface area (Å²) in [6.45, 7) is 0. The van der Waals surface area contributed by atoms with Gasteiger partial charge in [0.25, 0.3) is 0 Å². The number of anilines is 1. The Morgan fingerprint density at radius 3 is 2.57 bits per heavy atom. The Labute approximate surface area is 133 Å². The summed E-state index contributed by atoms with van der Waals surface area (Å²) in [5.74, 6) is -0.917. The summed E-state index contributed by atoms with van der Waals surface area (Å²) < 4.78 is 0. The molecular formula is C20H15NO2. The molecule has 3 nitrogen and oxygen atoms in total. The molecule has 0 saturated heterocycles. The molecule has 0 amide bonds. The van der Waals surface area contributed by atoms with Crippen LogP contribution in [0.3, 0.4) is 0 Å². The van der Waals surface area contributed by atoms with Crippen molar-refractivity contribution in [1.82, 2.24) is 0 Å². The zero-order valence-corrected chi connectivity index (χ0v) is 12.4. The molecule has 112 valence electrons. The molecule has 0 spiro atoms. The van der Waals surface area contributed by atoms with Crippen LogP contribution in [-0.2, 0) is 0 Å². The third-order valence-electron chi connectivity index (χ3n) is 4.44. The van der Waals surface area contributed by atoms with E-state index in [2.05, 4.69) is 48.6 Å². The molecule has 0 aromatic heterocycles. The van der Waals surface area contributed by atoms with E-state index in [-0.39, 0.29) is 11.5 Å². The maximum Gasteiger partial charge on any atom is 0.337 e. The van der Waals surface area contributed by atoms with Crippen LogP contribution < -0.4 is 5.73 Å². The van der Waals surface area contributed by atoms with Crippen molar-refractivity contribution in [3.8, 4) is 0 Å². The molecule has 0 radical (unpaired) electrons. The van der Waals surface area contributed by atoms with Crippen LogP contribution in [0.15, 0.2) is 60.7 Å². The van der Waals surface area contributed by atoms with Crippen molar-refractivity contribution >= 4 is 28.5 Å². The van der Waals surface area contributed by atoms with Gasteiger partial charge in [0.1, 0.15) is 0 Å². The lowest BCUT2D eigenvalue weighted by Gasteiger charge is -2.22. The van der Waals surface area contributed by atoms with Crippen molar-refractivity contribution in [2.45, 2.75) is 5.92 Å². The molecule has 1 aliphatic rings. The second kappa shape index (κ2) is 4.99. The number of carboxylic acid groups (broad SMARTS) is 1. The first-order valence-electron chi connectivity index (χ1n) is 7.48. The summed E-state index contributed by atoms with van der Waals surface area (Å²) in [6.07, 6.45) is 4.27. The summed E-state index contributed by atoms with van der Waals surface area (Å²) in [5, 5.41) is 11.6. The average Bonchev–Trinajstić information content (AvgIpc) is 2.55. The van der Waals surface area contributed by atoms with E-state index in [4.69, 9.17) is 10.8 Å². The summed E-state index contributed by atoms with van der Waals surface area (Å²) in [4.78, 5) is 11.1. The standard InChI is InChI=1S/C20H15NO2/c21-18-11-14(8-10-17(18)20(22)23)15-9-7-13-4-1-3-12-5-2-6-16(15)19(12)13/h1-11,15H,21H2,(H,22,23). The Bertz CT molecular complexity index is 967. The van der Waals surface area contributed by atoms with Crippen molar-refractivity contribution in [1.29, 1.82) is 0 Å². The van der Waals surface area contributed by atoms with Crippen LogP contribution in [0.4, 0.5) is 5.69 Å². The van der Waals surface area contributed by atoms with Crippen LogP contribution in [0, 0.1) is 0 Å². The molecule has 0 aliphatic heterocycles. The predicted molar refractivity (Wildman–Crippen MR) is 92.6 cm³/mol. The van der Waals surface area contributed by atoms with Crippen molar-refractivity contribution in [2.24, 2.45) is 0 Å². The molecular weight excluding hydrogens is 286 g/mol. The fourth-order valence-corrected chi connectivity index (χ4v) is 3.36. The van der Waals surface area contributed by atoms with E-state index in [1.165, 1.54) is 21.9 Å². The first-order valence-corrected chi connectivity index (χ1v) is 7.48. The highest BCUT2D eigenvalue weighted by atomic mass is 16.4. The zero-order valence-electron chi connectivity index (χ0n) is 12.4. The van der Waals surface area contributed by atoms with E-state index < -0.39 is 5.97 Å². The van der Waals surface area contributed by atoms with Gasteiger partial charge in [-0.2, -0.15) is 0 Å². The lowest BCUT2D eigenvalue weighted by atomic mass is 9.82. The molecule has 3 aromatic rings. The normalized spacial score (nSPS) is 15.7. The van der Waals surface area contributed by atoms with E-state index in [9.17, 15) is 4.79 Å². The minimum absolute atomic E-state index is 0.0822. The summed E-state index contributed by atoms with van der Waals surface area (Å²) >= 11 is 0. The predicted octanol–water partition coefficient (Wildman–Crippen LogP) is 4.28. The number of allylic oxidation sites excluding steroid dienone is 1. The highest BCUT2D eigenvalue weighted by molar-refractivity contribution is 5.97. The summed E-state index contributed by atoms with van der Waals surface area (Å²) in [5.41, 5.74) is 9.80. The summed E-state index contributed by atoms with van der Waals surface area (Å²) in [7, 11) is 0. The lowest BCUT2D eigenvalue weighted by molar-refractivity contribution is 0.0698. The highest BCUT2D eigenvalue weighted by Gasteiger charge is 2.20. The van der Waals surface area contributed by atoms with Crippen LogP contribution in [0.5, 0.6) is 0 Å². The lowest BCUT2D eigenvalue weighted by Crippen LogP contribution is -2.07. The number of carboxylic acids is 1. The van der Waals surface area contributed by atoms with E-state index in [1.807, 2.05) is 6.07 Å². The van der Waals surface area contributed by atoms with Gasteiger partial charge in [-0.3, -0.25) is 0 Å². The van der Waals surface area contributed by atoms with Crippen LogP contribution in [0.1, 0.15) is 33.0 Å². The first kappa shape index (κ1) is 13.6. The Hall–Kier alpha value is -3.07. The van der Waals surface area contributed by atoms with Gasteiger partial charge in [-0.05, 0) is 39.6 Å². The molecule has 0 heterocycles. The van der Waals surface area contributed by atoms with Gasteiger partial charge < -0.3 is 10.8 Å². The SMILES string of the molecule is Nc1cc(C2C=Cc3cccc4cccc2c34)ccc1C(=O)O. The number of rotatable bonds is 2. The van der Waals surface area contributed by atoms with Crippen molar-refractivity contribution in [2.75, 3.05) is 5.73 Å². The Kier molecular flexibility index (Phi) is 2.95. The number of aromatic carboxylic acids is 1. The molecule has 0 bridgehead atoms. The van der Waals surface area contributed by atoms with Crippen LogP contribution >= 0.6 is 0 Å². The van der Waals surface area contributed by atoms with Crippen molar-refractivity contribution in [3.63, 3.8) is 0 Å². The molecule has 3 heteroatoms. The second-order valence-corrected chi connectivity index (χ2v) is 5.78. The fourth-order valence-electron chi connectivity index (χ4n) is 3.36. The second-order valence-electron chi connectivity index (χ2n) is 5.78. The van der Waals surface area contributed by atoms with Gasteiger partial charge in [-0.1, -0.05) is 54.6 Å². The van der Waals surface area contributed by atoms with Gasteiger partial charge >= 0.3 is 5.97 Å². The maximum atomic E-state index is 11.1. The third-order valence-corrected chi connectivity index (χ3v) is 4.44. The van der Waals surface area contributed by atoms with Gasteiger partial charge in [-0.25, -0.2) is 4.79 Å². The molecule has 23 heavy (non-hydrogen) atoms. The van der Waals surface area contributed by atoms with Gasteiger partial charge in [0.2, 0.25) is 0 Å². The van der Waals surface area contributed by atoms with Gasteiger partial charge in [0.15, 0.2) is 0 Å². The molecule has 4 rings (SSSR count). The van der Waals surface area contributed by atoms with Crippen molar-refractivity contribution in [3.05, 3.63) is 82.9 Å². The van der Waals surface area contributed by atoms with Crippen molar-refractivity contribution < 1.29 is 9.90 Å². The minimum Gasteiger partial charge on any atom is -0.478 e. The molecule has 0 fully saturated rings.